The van der Waals surface area contributed by atoms with Gasteiger partial charge in [0.05, 0.1) is 7.11 Å². The van der Waals surface area contributed by atoms with Gasteiger partial charge in [0.1, 0.15) is 11.3 Å². The third kappa shape index (κ3) is 3.25. The summed E-state index contributed by atoms with van der Waals surface area (Å²) in [4.78, 5) is 13.5. The molecule has 1 aromatic heterocycles. The number of phenols is 1. The largest absolute Gasteiger partial charge is 0.508 e. The standard InChI is InChI=1S/C16H19NO3S/c1-3-16(15(19)20-2,12-6-8-13(18)9-7-12)17-11-14-5-4-10-21-14/h4-10,17-18H,3,11H2,1-2H3. The lowest BCUT2D eigenvalue weighted by atomic mass is 9.87. The van der Waals surface area contributed by atoms with Crippen LogP contribution in [0.5, 0.6) is 5.75 Å². The highest BCUT2D eigenvalue weighted by Gasteiger charge is 2.39. The molecule has 1 heterocycles. The van der Waals surface area contributed by atoms with Gasteiger partial charge >= 0.3 is 5.97 Å². The van der Waals surface area contributed by atoms with Gasteiger partial charge in [0.2, 0.25) is 0 Å². The molecular formula is C16H19NO3S. The van der Waals surface area contributed by atoms with Gasteiger partial charge in [-0.25, -0.2) is 4.79 Å². The summed E-state index contributed by atoms with van der Waals surface area (Å²) in [7, 11) is 1.39. The van der Waals surface area contributed by atoms with Crippen LogP contribution >= 0.6 is 11.3 Å². The molecule has 1 atom stereocenters. The van der Waals surface area contributed by atoms with E-state index >= 15 is 0 Å². The zero-order valence-electron chi connectivity index (χ0n) is 12.1. The van der Waals surface area contributed by atoms with Crippen molar-refractivity contribution in [3.05, 3.63) is 52.2 Å². The number of esters is 1. The number of benzene rings is 1. The van der Waals surface area contributed by atoms with Crippen LogP contribution in [0.25, 0.3) is 0 Å². The van der Waals surface area contributed by atoms with Crippen molar-refractivity contribution >= 4 is 17.3 Å². The highest BCUT2D eigenvalue weighted by molar-refractivity contribution is 7.09. The van der Waals surface area contributed by atoms with Crippen LogP contribution in [0.4, 0.5) is 0 Å². The molecule has 0 fully saturated rings. The minimum atomic E-state index is -0.910. The van der Waals surface area contributed by atoms with Gasteiger partial charge < -0.3 is 9.84 Å². The molecule has 0 aliphatic heterocycles. The quantitative estimate of drug-likeness (QED) is 0.806. The van der Waals surface area contributed by atoms with Crippen molar-refractivity contribution in [2.45, 2.75) is 25.4 Å². The first kappa shape index (κ1) is 15.5. The van der Waals surface area contributed by atoms with Crippen LogP contribution in [0, 0.1) is 0 Å². The molecule has 2 rings (SSSR count). The number of ether oxygens (including phenoxy) is 1. The van der Waals surface area contributed by atoms with Crippen LogP contribution in [0.15, 0.2) is 41.8 Å². The zero-order chi connectivity index (χ0) is 15.3. The molecule has 0 aliphatic rings. The number of nitrogens with one attached hydrogen (secondary N) is 1. The summed E-state index contributed by atoms with van der Waals surface area (Å²) < 4.78 is 5.00. The molecule has 21 heavy (non-hydrogen) atoms. The Morgan fingerprint density at radius 2 is 2.05 bits per heavy atom. The minimum Gasteiger partial charge on any atom is -0.508 e. The summed E-state index contributed by atoms with van der Waals surface area (Å²) in [5.74, 6) is -0.154. The Morgan fingerprint density at radius 3 is 2.57 bits per heavy atom. The van der Waals surface area contributed by atoms with Crippen LogP contribution in [0.3, 0.4) is 0 Å². The van der Waals surface area contributed by atoms with Crippen molar-refractivity contribution < 1.29 is 14.6 Å². The first-order valence-corrected chi connectivity index (χ1v) is 7.65. The Kier molecular flexibility index (Phi) is 4.98. The van der Waals surface area contributed by atoms with E-state index in [1.54, 1.807) is 35.6 Å². The summed E-state index contributed by atoms with van der Waals surface area (Å²) in [6, 6.07) is 10.7. The lowest BCUT2D eigenvalue weighted by molar-refractivity contribution is -0.149. The molecule has 4 nitrogen and oxygen atoms in total. The average molecular weight is 305 g/mol. The smallest absolute Gasteiger partial charge is 0.330 e. The van der Waals surface area contributed by atoms with Gasteiger partial charge in [-0.1, -0.05) is 25.1 Å². The van der Waals surface area contributed by atoms with Gasteiger partial charge in [0.25, 0.3) is 0 Å². The van der Waals surface area contributed by atoms with Crippen molar-refractivity contribution in [1.82, 2.24) is 5.32 Å². The number of hydrogen-bond donors (Lipinski definition) is 2. The number of methoxy groups -OCH3 is 1. The Hall–Kier alpha value is -1.85. The number of aromatic hydroxyl groups is 1. The summed E-state index contributed by atoms with van der Waals surface area (Å²) in [6.45, 7) is 2.52. The molecule has 0 saturated carbocycles. The highest BCUT2D eigenvalue weighted by atomic mass is 32.1. The zero-order valence-corrected chi connectivity index (χ0v) is 12.9. The van der Waals surface area contributed by atoms with Gasteiger partial charge in [-0.15, -0.1) is 11.3 Å². The molecule has 2 aromatic rings. The fraction of sp³-hybridized carbons (Fsp3) is 0.312. The number of carbonyl (C=O) groups excluding carboxylic acids is 1. The number of phenolic OH excluding ortho intramolecular Hbond substituents is 1. The topological polar surface area (TPSA) is 58.6 Å². The van der Waals surface area contributed by atoms with Crippen LogP contribution < -0.4 is 5.32 Å². The predicted molar refractivity (Wildman–Crippen MR) is 83.3 cm³/mol. The summed E-state index contributed by atoms with van der Waals surface area (Å²) in [5, 5.41) is 14.8. The molecule has 112 valence electrons. The van der Waals surface area contributed by atoms with Gasteiger partial charge in [-0.05, 0) is 35.6 Å². The third-order valence-corrected chi connectivity index (χ3v) is 4.45. The minimum absolute atomic E-state index is 0.173. The van der Waals surface area contributed by atoms with E-state index in [-0.39, 0.29) is 11.7 Å². The first-order chi connectivity index (χ1) is 10.1. The van der Waals surface area contributed by atoms with E-state index in [9.17, 15) is 9.90 Å². The number of thiophene rings is 1. The van der Waals surface area contributed by atoms with Crippen molar-refractivity contribution in [3.8, 4) is 5.75 Å². The second-order valence-electron chi connectivity index (χ2n) is 4.73. The van der Waals surface area contributed by atoms with E-state index in [0.29, 0.717) is 13.0 Å². The maximum Gasteiger partial charge on any atom is 0.330 e. The molecule has 0 aliphatic carbocycles. The van der Waals surface area contributed by atoms with Crippen LogP contribution in [-0.4, -0.2) is 18.2 Å². The Balaban J connectivity index is 2.32. The molecule has 0 saturated heterocycles. The molecule has 1 aromatic carbocycles. The SMILES string of the molecule is CCC(NCc1cccs1)(C(=O)OC)c1ccc(O)cc1. The molecule has 5 heteroatoms. The fourth-order valence-corrected chi connectivity index (χ4v) is 2.98. The fourth-order valence-electron chi connectivity index (χ4n) is 2.34. The van der Waals surface area contributed by atoms with E-state index < -0.39 is 5.54 Å². The maximum atomic E-state index is 12.4. The van der Waals surface area contributed by atoms with Gasteiger partial charge in [0, 0.05) is 11.4 Å². The van der Waals surface area contributed by atoms with Gasteiger partial charge in [0.15, 0.2) is 0 Å². The van der Waals surface area contributed by atoms with Crippen LogP contribution in [0.2, 0.25) is 0 Å². The molecule has 1 unspecified atom stereocenters. The lowest BCUT2D eigenvalue weighted by Gasteiger charge is -2.31. The summed E-state index contributed by atoms with van der Waals surface area (Å²) in [5.41, 5.74) is -0.127. The van der Waals surface area contributed by atoms with E-state index in [0.717, 1.165) is 10.4 Å². The second-order valence-corrected chi connectivity index (χ2v) is 5.76. The third-order valence-electron chi connectivity index (χ3n) is 3.57. The van der Waals surface area contributed by atoms with Crippen LogP contribution in [0.1, 0.15) is 23.8 Å². The van der Waals surface area contributed by atoms with E-state index in [1.165, 1.54) is 7.11 Å². The van der Waals surface area contributed by atoms with Crippen LogP contribution in [-0.2, 0) is 21.6 Å². The second kappa shape index (κ2) is 6.74. The first-order valence-electron chi connectivity index (χ1n) is 6.77. The molecular weight excluding hydrogens is 286 g/mol. The highest BCUT2D eigenvalue weighted by Crippen LogP contribution is 2.29. The number of hydrogen-bond acceptors (Lipinski definition) is 5. The number of carbonyl (C=O) groups is 1. The Bertz CT molecular complexity index is 580. The van der Waals surface area contributed by atoms with Crippen molar-refractivity contribution in [1.29, 1.82) is 0 Å². The monoisotopic (exact) mass is 305 g/mol. The van der Waals surface area contributed by atoms with E-state index in [1.807, 2.05) is 24.4 Å². The predicted octanol–water partition coefficient (Wildman–Crippen LogP) is 3.02. The maximum absolute atomic E-state index is 12.4. The average Bonchev–Trinajstić information content (AvgIpc) is 3.02. The van der Waals surface area contributed by atoms with E-state index in [2.05, 4.69) is 5.32 Å². The Morgan fingerprint density at radius 1 is 1.33 bits per heavy atom. The summed E-state index contributed by atoms with van der Waals surface area (Å²) >= 11 is 1.64. The van der Waals surface area contributed by atoms with Crippen molar-refractivity contribution in [3.63, 3.8) is 0 Å². The van der Waals surface area contributed by atoms with Gasteiger partial charge in [-0.3, -0.25) is 5.32 Å². The Labute approximate surface area is 128 Å². The van der Waals surface area contributed by atoms with Gasteiger partial charge in [-0.2, -0.15) is 0 Å². The number of rotatable bonds is 6. The molecule has 0 amide bonds. The van der Waals surface area contributed by atoms with Crippen molar-refractivity contribution in [2.75, 3.05) is 7.11 Å². The molecule has 0 radical (unpaired) electrons. The molecule has 0 spiro atoms. The normalized spacial score (nSPS) is 13.6. The lowest BCUT2D eigenvalue weighted by Crippen LogP contribution is -2.49. The van der Waals surface area contributed by atoms with Crippen molar-refractivity contribution in [2.24, 2.45) is 0 Å². The van der Waals surface area contributed by atoms with E-state index in [4.69, 9.17) is 4.74 Å². The summed E-state index contributed by atoms with van der Waals surface area (Å²) in [6.07, 6.45) is 0.551. The molecule has 2 N–H and O–H groups in total. The molecule has 0 bridgehead atoms.